The lowest BCUT2D eigenvalue weighted by Crippen LogP contribution is -2.33. The van der Waals surface area contributed by atoms with Gasteiger partial charge in [0.2, 0.25) is 10.0 Å². The number of hydrogen-bond acceptors (Lipinski definition) is 3. The van der Waals surface area contributed by atoms with Crippen LogP contribution >= 0.6 is 0 Å². The van der Waals surface area contributed by atoms with Gasteiger partial charge in [0.25, 0.3) is 5.91 Å². The van der Waals surface area contributed by atoms with E-state index in [0.29, 0.717) is 17.7 Å². The number of carbonyl (C=O) groups is 1. The molecule has 0 aliphatic heterocycles. The van der Waals surface area contributed by atoms with Crippen molar-refractivity contribution in [3.05, 3.63) is 29.8 Å². The molecule has 0 saturated carbocycles. The second-order valence-electron chi connectivity index (χ2n) is 4.99. The number of amides is 1. The molecule has 0 radical (unpaired) electrons. The van der Waals surface area contributed by atoms with Crippen LogP contribution in [-0.4, -0.2) is 26.1 Å². The molecule has 6 heteroatoms. The van der Waals surface area contributed by atoms with E-state index in [4.69, 9.17) is 0 Å². The van der Waals surface area contributed by atoms with Crippen molar-refractivity contribution in [2.45, 2.75) is 46.1 Å². The summed E-state index contributed by atoms with van der Waals surface area (Å²) in [5.74, 6) is -0.114. The summed E-state index contributed by atoms with van der Waals surface area (Å²) in [6.07, 6.45) is 2.28. The molecule has 0 aliphatic rings. The lowest BCUT2D eigenvalue weighted by molar-refractivity contribution is 0.0935. The number of anilines is 1. The van der Waals surface area contributed by atoms with E-state index in [1.807, 2.05) is 13.8 Å². The van der Waals surface area contributed by atoms with E-state index >= 15 is 0 Å². The highest BCUT2D eigenvalue weighted by Gasteiger charge is 2.13. The first kappa shape index (κ1) is 17.5. The molecule has 0 bridgehead atoms. The minimum Gasteiger partial charge on any atom is -0.349 e. The highest BCUT2D eigenvalue weighted by molar-refractivity contribution is 7.92. The molecule has 0 fully saturated rings. The Bertz CT molecular complexity index is 566. The molecule has 1 aromatic carbocycles. The SMILES string of the molecule is CCCS(=O)(=O)Nc1cccc(C(=O)NC(CC)CC)c1. The number of hydrogen-bond donors (Lipinski definition) is 2. The highest BCUT2D eigenvalue weighted by atomic mass is 32.2. The monoisotopic (exact) mass is 312 g/mol. The van der Waals surface area contributed by atoms with Gasteiger partial charge in [-0.25, -0.2) is 8.42 Å². The van der Waals surface area contributed by atoms with Crippen molar-refractivity contribution in [3.63, 3.8) is 0 Å². The first-order valence-electron chi connectivity index (χ1n) is 7.33. The minimum absolute atomic E-state index is 0.0666. The second kappa shape index (κ2) is 8.02. The van der Waals surface area contributed by atoms with Gasteiger partial charge in [0.1, 0.15) is 0 Å². The summed E-state index contributed by atoms with van der Waals surface area (Å²) in [5.41, 5.74) is 0.874. The molecule has 21 heavy (non-hydrogen) atoms. The standard InChI is InChI=1S/C15H24N2O3S/c1-4-10-21(19,20)17-14-9-7-8-12(11-14)15(18)16-13(5-2)6-3/h7-9,11,13,17H,4-6,10H2,1-3H3,(H,16,18). The molecule has 0 aromatic heterocycles. The van der Waals surface area contributed by atoms with Gasteiger partial charge in [0.05, 0.1) is 5.75 Å². The molecular weight excluding hydrogens is 288 g/mol. The smallest absolute Gasteiger partial charge is 0.251 e. The van der Waals surface area contributed by atoms with Gasteiger partial charge in [-0.15, -0.1) is 0 Å². The normalized spacial score (nSPS) is 11.4. The molecule has 0 unspecified atom stereocenters. The predicted molar refractivity (Wildman–Crippen MR) is 86.0 cm³/mol. The largest absolute Gasteiger partial charge is 0.349 e. The molecule has 0 saturated heterocycles. The quantitative estimate of drug-likeness (QED) is 0.775. The number of carbonyl (C=O) groups excluding carboxylic acids is 1. The molecule has 5 nitrogen and oxygen atoms in total. The molecule has 0 aliphatic carbocycles. The first-order valence-corrected chi connectivity index (χ1v) is 8.98. The van der Waals surface area contributed by atoms with E-state index in [1.165, 1.54) is 0 Å². The maximum atomic E-state index is 12.1. The average Bonchev–Trinajstić information content (AvgIpc) is 2.44. The molecule has 0 atom stereocenters. The summed E-state index contributed by atoms with van der Waals surface area (Å²) in [4.78, 5) is 12.1. The molecule has 1 amide bonds. The van der Waals surface area contributed by atoms with E-state index in [-0.39, 0.29) is 17.7 Å². The van der Waals surface area contributed by atoms with E-state index in [9.17, 15) is 13.2 Å². The summed E-state index contributed by atoms with van der Waals surface area (Å²) in [7, 11) is -3.34. The minimum atomic E-state index is -3.34. The number of benzene rings is 1. The van der Waals surface area contributed by atoms with Crippen LogP contribution in [0.3, 0.4) is 0 Å². The Morgan fingerprint density at radius 1 is 1.19 bits per heavy atom. The Morgan fingerprint density at radius 3 is 2.43 bits per heavy atom. The fourth-order valence-electron chi connectivity index (χ4n) is 1.98. The molecule has 2 N–H and O–H groups in total. The molecule has 0 spiro atoms. The second-order valence-corrected chi connectivity index (χ2v) is 6.83. The van der Waals surface area contributed by atoms with Crippen molar-refractivity contribution in [2.24, 2.45) is 0 Å². The number of rotatable bonds is 8. The van der Waals surface area contributed by atoms with E-state index in [1.54, 1.807) is 31.2 Å². The van der Waals surface area contributed by atoms with Crippen LogP contribution < -0.4 is 10.0 Å². The van der Waals surface area contributed by atoms with Crippen LogP contribution in [0, 0.1) is 0 Å². The third kappa shape index (κ3) is 5.75. The van der Waals surface area contributed by atoms with Crippen molar-refractivity contribution < 1.29 is 13.2 Å². The van der Waals surface area contributed by atoms with Gasteiger partial charge in [0, 0.05) is 17.3 Å². The molecular formula is C15H24N2O3S. The van der Waals surface area contributed by atoms with E-state index in [0.717, 1.165) is 12.8 Å². The fourth-order valence-corrected chi connectivity index (χ4v) is 3.11. The van der Waals surface area contributed by atoms with Crippen molar-refractivity contribution in [1.82, 2.24) is 5.32 Å². The van der Waals surface area contributed by atoms with Crippen molar-refractivity contribution in [1.29, 1.82) is 0 Å². The molecule has 118 valence electrons. The first-order chi connectivity index (χ1) is 9.91. The van der Waals surface area contributed by atoms with Crippen LogP contribution in [0.4, 0.5) is 5.69 Å². The maximum absolute atomic E-state index is 12.1. The summed E-state index contributed by atoms with van der Waals surface area (Å²) in [6.45, 7) is 5.84. The van der Waals surface area contributed by atoms with Crippen LogP contribution in [0.1, 0.15) is 50.4 Å². The van der Waals surface area contributed by atoms with Crippen LogP contribution in [0.5, 0.6) is 0 Å². The third-order valence-electron chi connectivity index (χ3n) is 3.19. The zero-order valence-electron chi connectivity index (χ0n) is 12.8. The Hall–Kier alpha value is -1.56. The third-order valence-corrected chi connectivity index (χ3v) is 4.68. The zero-order chi connectivity index (χ0) is 15.9. The van der Waals surface area contributed by atoms with Gasteiger partial charge in [-0.2, -0.15) is 0 Å². The van der Waals surface area contributed by atoms with Crippen LogP contribution in [0.25, 0.3) is 0 Å². The Labute approximate surface area is 127 Å². The lowest BCUT2D eigenvalue weighted by atomic mass is 10.1. The van der Waals surface area contributed by atoms with Crippen LogP contribution in [-0.2, 0) is 10.0 Å². The maximum Gasteiger partial charge on any atom is 0.251 e. The average molecular weight is 312 g/mol. The Kier molecular flexibility index (Phi) is 6.68. The summed E-state index contributed by atoms with van der Waals surface area (Å²) < 4.78 is 26.0. The summed E-state index contributed by atoms with van der Waals surface area (Å²) in [6, 6.07) is 6.69. The topological polar surface area (TPSA) is 75.3 Å². The molecule has 0 heterocycles. The van der Waals surface area contributed by atoms with Crippen molar-refractivity contribution in [2.75, 3.05) is 10.5 Å². The van der Waals surface area contributed by atoms with Crippen LogP contribution in [0.2, 0.25) is 0 Å². The van der Waals surface area contributed by atoms with Crippen molar-refractivity contribution in [3.8, 4) is 0 Å². The zero-order valence-corrected chi connectivity index (χ0v) is 13.7. The molecule has 1 rings (SSSR count). The van der Waals surface area contributed by atoms with E-state index < -0.39 is 10.0 Å². The summed E-state index contributed by atoms with van der Waals surface area (Å²) >= 11 is 0. The van der Waals surface area contributed by atoms with Gasteiger partial charge < -0.3 is 5.32 Å². The predicted octanol–water partition coefficient (Wildman–Crippen LogP) is 2.76. The molecule has 1 aromatic rings. The van der Waals surface area contributed by atoms with Gasteiger partial charge in [-0.1, -0.05) is 26.8 Å². The van der Waals surface area contributed by atoms with Gasteiger partial charge in [-0.3, -0.25) is 9.52 Å². The number of nitrogens with one attached hydrogen (secondary N) is 2. The van der Waals surface area contributed by atoms with Crippen molar-refractivity contribution >= 4 is 21.6 Å². The number of sulfonamides is 1. The highest BCUT2D eigenvalue weighted by Crippen LogP contribution is 2.13. The van der Waals surface area contributed by atoms with Gasteiger partial charge in [0.15, 0.2) is 0 Å². The van der Waals surface area contributed by atoms with E-state index in [2.05, 4.69) is 10.0 Å². The van der Waals surface area contributed by atoms with Gasteiger partial charge in [-0.05, 0) is 37.5 Å². The summed E-state index contributed by atoms with van der Waals surface area (Å²) in [5, 5.41) is 2.93. The van der Waals surface area contributed by atoms with Gasteiger partial charge >= 0.3 is 0 Å². The fraction of sp³-hybridized carbons (Fsp3) is 0.533. The Balaban J connectivity index is 2.83. The van der Waals surface area contributed by atoms with Crippen LogP contribution in [0.15, 0.2) is 24.3 Å². The Morgan fingerprint density at radius 2 is 1.86 bits per heavy atom. The lowest BCUT2D eigenvalue weighted by Gasteiger charge is -2.15.